The molecule has 2 aromatic carbocycles. The zero-order valence-corrected chi connectivity index (χ0v) is 15.3. The summed E-state index contributed by atoms with van der Waals surface area (Å²) in [6.07, 6.45) is 4.89. The summed E-state index contributed by atoms with van der Waals surface area (Å²) in [6, 6.07) is 10.4. The number of fused-ring (bicyclic) bond motifs is 2. The molecular formula is C22H22FNO3. The van der Waals surface area contributed by atoms with E-state index in [0.717, 1.165) is 24.6 Å². The van der Waals surface area contributed by atoms with Crippen molar-refractivity contribution in [2.45, 2.75) is 32.7 Å². The summed E-state index contributed by atoms with van der Waals surface area (Å²) < 4.78 is 27.9. The summed E-state index contributed by atoms with van der Waals surface area (Å²) in [4.78, 5) is 12.7. The summed E-state index contributed by atoms with van der Waals surface area (Å²) in [7, 11) is 0. The van der Waals surface area contributed by atoms with Gasteiger partial charge in [-0.15, -0.1) is 0 Å². The van der Waals surface area contributed by atoms with E-state index < -0.39 is 5.82 Å². The summed E-state index contributed by atoms with van der Waals surface area (Å²) in [5.41, 5.74) is 0.899. The van der Waals surface area contributed by atoms with Gasteiger partial charge in [0, 0.05) is 23.9 Å². The fourth-order valence-corrected chi connectivity index (χ4v) is 3.51. The van der Waals surface area contributed by atoms with Crippen molar-refractivity contribution in [1.29, 1.82) is 0 Å². The van der Waals surface area contributed by atoms with Crippen molar-refractivity contribution in [1.82, 2.24) is 4.57 Å². The van der Waals surface area contributed by atoms with Gasteiger partial charge in [0.25, 0.3) is 5.56 Å². The normalized spacial score (nSPS) is 13.1. The third kappa shape index (κ3) is 3.29. The number of nitrogens with zero attached hydrogens (tertiary/aromatic N) is 1. The van der Waals surface area contributed by atoms with Crippen molar-refractivity contribution < 1.29 is 13.9 Å². The topological polar surface area (TPSA) is 40.5 Å². The Morgan fingerprint density at radius 2 is 1.93 bits per heavy atom. The van der Waals surface area contributed by atoms with E-state index in [-0.39, 0.29) is 5.56 Å². The highest BCUT2D eigenvalue weighted by atomic mass is 19.1. The first-order valence-electron chi connectivity index (χ1n) is 9.40. The first-order chi connectivity index (χ1) is 13.2. The van der Waals surface area contributed by atoms with E-state index in [1.54, 1.807) is 16.8 Å². The monoisotopic (exact) mass is 367 g/mol. The Morgan fingerprint density at radius 1 is 1.07 bits per heavy atom. The number of hydrogen-bond donors (Lipinski definition) is 0. The smallest absolute Gasteiger partial charge is 0.258 e. The van der Waals surface area contributed by atoms with Crippen LogP contribution in [-0.2, 0) is 6.54 Å². The Morgan fingerprint density at radius 3 is 2.78 bits per heavy atom. The van der Waals surface area contributed by atoms with Crippen molar-refractivity contribution in [3.8, 4) is 22.6 Å². The van der Waals surface area contributed by atoms with Crippen LogP contribution in [0.15, 0.2) is 47.4 Å². The van der Waals surface area contributed by atoms with Gasteiger partial charge in [-0.1, -0.05) is 31.9 Å². The quantitative estimate of drug-likeness (QED) is 0.610. The Kier molecular flexibility index (Phi) is 4.84. The van der Waals surface area contributed by atoms with Crippen molar-refractivity contribution in [3.05, 3.63) is 58.8 Å². The van der Waals surface area contributed by atoms with Gasteiger partial charge in [0.1, 0.15) is 19.0 Å². The number of aryl methyl sites for hydroxylation is 1. The van der Waals surface area contributed by atoms with Crippen molar-refractivity contribution in [2.75, 3.05) is 13.2 Å². The van der Waals surface area contributed by atoms with Gasteiger partial charge in [0.2, 0.25) is 0 Å². The highest BCUT2D eigenvalue weighted by Gasteiger charge is 2.20. The minimum atomic E-state index is -0.437. The largest absolute Gasteiger partial charge is 0.486 e. The van der Waals surface area contributed by atoms with Crippen LogP contribution >= 0.6 is 0 Å². The number of para-hydroxylation sites is 1. The highest BCUT2D eigenvalue weighted by molar-refractivity contribution is 5.88. The van der Waals surface area contributed by atoms with Crippen LogP contribution in [-0.4, -0.2) is 17.8 Å². The zero-order valence-electron chi connectivity index (χ0n) is 15.3. The van der Waals surface area contributed by atoms with E-state index in [1.165, 1.54) is 6.07 Å². The predicted octanol–water partition coefficient (Wildman–Crippen LogP) is 4.77. The maximum absolute atomic E-state index is 14.9. The molecule has 0 saturated carbocycles. The van der Waals surface area contributed by atoms with Crippen molar-refractivity contribution in [2.24, 2.45) is 0 Å². The molecular weight excluding hydrogens is 345 g/mol. The molecule has 0 unspecified atom stereocenters. The minimum Gasteiger partial charge on any atom is -0.486 e. The second-order valence-corrected chi connectivity index (χ2v) is 6.77. The van der Waals surface area contributed by atoms with Crippen molar-refractivity contribution >= 4 is 10.8 Å². The maximum atomic E-state index is 14.9. The second-order valence-electron chi connectivity index (χ2n) is 6.77. The van der Waals surface area contributed by atoms with Crippen LogP contribution in [0.3, 0.4) is 0 Å². The summed E-state index contributed by atoms with van der Waals surface area (Å²) in [5, 5.41) is 1.12. The lowest BCUT2D eigenvalue weighted by Gasteiger charge is -2.21. The van der Waals surface area contributed by atoms with Gasteiger partial charge in [-0.2, -0.15) is 0 Å². The van der Waals surface area contributed by atoms with E-state index >= 15 is 0 Å². The second kappa shape index (κ2) is 7.43. The van der Waals surface area contributed by atoms with E-state index in [4.69, 9.17) is 9.47 Å². The molecule has 0 spiro atoms. The zero-order chi connectivity index (χ0) is 18.8. The van der Waals surface area contributed by atoms with Crippen LogP contribution in [0.25, 0.3) is 21.9 Å². The van der Waals surface area contributed by atoms with Gasteiger partial charge >= 0.3 is 0 Å². The van der Waals surface area contributed by atoms with E-state index in [0.29, 0.717) is 47.8 Å². The van der Waals surface area contributed by atoms with Gasteiger partial charge in [-0.3, -0.25) is 4.79 Å². The molecule has 0 atom stereocenters. The molecule has 5 heteroatoms. The predicted molar refractivity (Wildman–Crippen MR) is 104 cm³/mol. The number of rotatable bonds is 5. The van der Waals surface area contributed by atoms with Gasteiger partial charge < -0.3 is 14.0 Å². The summed E-state index contributed by atoms with van der Waals surface area (Å²) >= 11 is 0. The lowest BCUT2D eigenvalue weighted by molar-refractivity contribution is 0.172. The Balaban J connectivity index is 1.79. The fraction of sp³-hybridized carbons (Fsp3) is 0.318. The minimum absolute atomic E-state index is 0.149. The molecule has 1 aliphatic rings. The number of aromatic nitrogens is 1. The van der Waals surface area contributed by atoms with Gasteiger partial charge in [0.15, 0.2) is 11.5 Å². The van der Waals surface area contributed by atoms with Crippen LogP contribution in [0.1, 0.15) is 26.2 Å². The van der Waals surface area contributed by atoms with Gasteiger partial charge in [-0.05, 0) is 36.1 Å². The van der Waals surface area contributed by atoms with E-state index in [1.807, 2.05) is 24.3 Å². The van der Waals surface area contributed by atoms with E-state index in [9.17, 15) is 9.18 Å². The number of ether oxygens (including phenoxy) is 2. The Bertz CT molecular complexity index is 1040. The maximum Gasteiger partial charge on any atom is 0.258 e. The third-order valence-corrected chi connectivity index (χ3v) is 4.92. The van der Waals surface area contributed by atoms with Gasteiger partial charge in [-0.25, -0.2) is 4.39 Å². The van der Waals surface area contributed by atoms with Crippen LogP contribution in [0.2, 0.25) is 0 Å². The molecule has 0 radical (unpaired) electrons. The fourth-order valence-electron chi connectivity index (χ4n) is 3.51. The Labute approximate surface area is 157 Å². The molecule has 140 valence electrons. The molecule has 2 heterocycles. The van der Waals surface area contributed by atoms with Crippen LogP contribution in [0.5, 0.6) is 11.5 Å². The molecule has 0 saturated heterocycles. The number of halogens is 1. The van der Waals surface area contributed by atoms with E-state index in [2.05, 4.69) is 6.92 Å². The standard InChI is InChI=1S/C22H22FNO3/c1-2-3-4-9-24-10-8-15-13-18(19(23)14-17(15)22(24)25)16-6-5-7-20-21(16)27-12-11-26-20/h5-8,10,13-14H,2-4,9,11-12H2,1H3. The highest BCUT2D eigenvalue weighted by Crippen LogP contribution is 2.41. The first-order valence-corrected chi connectivity index (χ1v) is 9.40. The first kappa shape index (κ1) is 17.6. The summed E-state index contributed by atoms with van der Waals surface area (Å²) in [6.45, 7) is 3.69. The number of hydrogen-bond acceptors (Lipinski definition) is 3. The molecule has 0 amide bonds. The molecule has 27 heavy (non-hydrogen) atoms. The molecule has 1 aliphatic heterocycles. The molecule has 0 fully saturated rings. The molecule has 3 aromatic rings. The molecule has 0 aliphatic carbocycles. The average Bonchev–Trinajstić information content (AvgIpc) is 2.70. The number of benzene rings is 2. The number of unbranched alkanes of at least 4 members (excludes halogenated alkanes) is 2. The Hall–Kier alpha value is -2.82. The third-order valence-electron chi connectivity index (χ3n) is 4.92. The van der Waals surface area contributed by atoms with Crippen molar-refractivity contribution in [3.63, 3.8) is 0 Å². The average molecular weight is 367 g/mol. The lowest BCUT2D eigenvalue weighted by atomic mass is 10.00. The number of pyridine rings is 1. The molecule has 4 nitrogen and oxygen atoms in total. The molecule has 0 N–H and O–H groups in total. The lowest BCUT2D eigenvalue weighted by Crippen LogP contribution is -2.19. The van der Waals surface area contributed by atoms with Crippen LogP contribution < -0.4 is 15.0 Å². The van der Waals surface area contributed by atoms with Gasteiger partial charge in [0.05, 0.1) is 5.39 Å². The SMILES string of the molecule is CCCCCn1ccc2cc(-c3cccc4c3OCCO4)c(F)cc2c1=O. The molecule has 1 aromatic heterocycles. The summed E-state index contributed by atoms with van der Waals surface area (Å²) in [5.74, 6) is 0.730. The van der Waals surface area contributed by atoms with Crippen LogP contribution in [0, 0.1) is 5.82 Å². The van der Waals surface area contributed by atoms with Crippen LogP contribution in [0.4, 0.5) is 4.39 Å². The molecule has 4 rings (SSSR count). The molecule has 0 bridgehead atoms.